The molecule has 3 amide bonds. The van der Waals surface area contributed by atoms with E-state index in [0.717, 1.165) is 62.2 Å². The second kappa shape index (κ2) is 21.4. The molecule has 0 saturated carbocycles. The van der Waals surface area contributed by atoms with Crippen LogP contribution in [0.4, 0.5) is 4.79 Å². The number of likely N-dealkylation sites (N-methyl/N-ethyl adjacent to an activating group) is 1. The predicted octanol–water partition coefficient (Wildman–Crippen LogP) is 8.02. The zero-order valence-corrected chi connectivity index (χ0v) is 35.6. The summed E-state index contributed by atoms with van der Waals surface area (Å²) in [6.45, 7) is 8.40. The van der Waals surface area contributed by atoms with Crippen LogP contribution in [0, 0.1) is 0 Å². The van der Waals surface area contributed by atoms with Crippen molar-refractivity contribution in [1.29, 1.82) is 0 Å². The molecule has 0 saturated heterocycles. The number of imidazole rings is 2. The summed E-state index contributed by atoms with van der Waals surface area (Å²) in [5.41, 5.74) is 6.66. The molecule has 0 fully saturated rings. The summed E-state index contributed by atoms with van der Waals surface area (Å²) in [6, 6.07) is 30.3. The number of hydrogen-bond acceptors (Lipinski definition) is 8. The van der Waals surface area contributed by atoms with Crippen LogP contribution in [0.25, 0.3) is 44.4 Å². The van der Waals surface area contributed by atoms with Gasteiger partial charge < -0.3 is 29.8 Å². The van der Waals surface area contributed by atoms with Gasteiger partial charge in [0.25, 0.3) is 0 Å². The van der Waals surface area contributed by atoms with E-state index in [2.05, 4.69) is 99.3 Å². The molecule has 1 atom stereocenters. The molecule has 0 aliphatic heterocycles. The Kier molecular flexibility index (Phi) is 15.9. The molecule has 6 aromatic rings. The van der Waals surface area contributed by atoms with Gasteiger partial charge in [0.2, 0.25) is 11.8 Å². The second-order valence-corrected chi connectivity index (χ2v) is 14.9. The zero-order chi connectivity index (χ0) is 43.2. The highest BCUT2D eigenvalue weighted by Gasteiger charge is 2.28. The lowest BCUT2D eigenvalue weighted by Gasteiger charge is -2.30. The number of aromatic nitrogens is 4. The fourth-order valence-electron chi connectivity index (χ4n) is 6.82. The second-order valence-electron chi connectivity index (χ2n) is 14.9. The predicted molar refractivity (Wildman–Crippen MR) is 236 cm³/mol. The first-order chi connectivity index (χ1) is 28.9. The normalized spacial score (nSPS) is 11.4. The van der Waals surface area contributed by atoms with E-state index in [9.17, 15) is 19.2 Å². The van der Waals surface area contributed by atoms with Gasteiger partial charge in [0.1, 0.15) is 30.0 Å². The van der Waals surface area contributed by atoms with Gasteiger partial charge in [0.05, 0.1) is 50.5 Å². The van der Waals surface area contributed by atoms with Crippen molar-refractivity contribution in [2.75, 3.05) is 40.8 Å². The molecule has 13 nitrogen and oxygen atoms in total. The molecular weight excluding hydrogens is 757 g/mol. The Morgan fingerprint density at radius 1 is 0.717 bits per heavy atom. The fourth-order valence-corrected chi connectivity index (χ4v) is 6.82. The number of aromatic amines is 2. The van der Waals surface area contributed by atoms with Gasteiger partial charge in [-0.1, -0.05) is 106 Å². The Morgan fingerprint density at radius 2 is 1.25 bits per heavy atom. The van der Waals surface area contributed by atoms with Gasteiger partial charge >= 0.3 is 6.09 Å². The van der Waals surface area contributed by atoms with Gasteiger partial charge in [0.15, 0.2) is 0 Å². The smallest absolute Gasteiger partial charge is 0.407 e. The summed E-state index contributed by atoms with van der Waals surface area (Å²) < 4.78 is 4.53. The van der Waals surface area contributed by atoms with E-state index in [0.29, 0.717) is 18.9 Å². The van der Waals surface area contributed by atoms with Gasteiger partial charge in [-0.05, 0) is 72.6 Å². The molecule has 3 N–H and O–H groups in total. The molecule has 0 aliphatic rings. The van der Waals surface area contributed by atoms with Gasteiger partial charge in [0, 0.05) is 12.1 Å². The Bertz CT molecular complexity index is 2350. The number of H-pyrrole nitrogens is 2. The van der Waals surface area contributed by atoms with Crippen LogP contribution in [0.2, 0.25) is 0 Å². The van der Waals surface area contributed by atoms with Crippen LogP contribution in [0.1, 0.15) is 63.8 Å². The van der Waals surface area contributed by atoms with E-state index >= 15 is 0 Å². The lowest BCUT2D eigenvalue weighted by molar-refractivity contribution is -0.137. The monoisotopic (exact) mass is 812 g/mol. The average molecular weight is 813 g/mol. The van der Waals surface area contributed by atoms with Crippen LogP contribution in [0.5, 0.6) is 0 Å². The molecule has 0 bridgehead atoms. The van der Waals surface area contributed by atoms with Crippen molar-refractivity contribution < 1.29 is 23.9 Å². The number of ether oxygens (including phenoxy) is 1. The third-order valence-corrected chi connectivity index (χ3v) is 9.63. The number of benzene rings is 4. The van der Waals surface area contributed by atoms with Crippen LogP contribution < -0.4 is 5.32 Å². The fraction of sp³-hybridized carbons (Fsp3) is 0.319. The first-order valence-electron chi connectivity index (χ1n) is 20.3. The quantitative estimate of drug-likeness (QED) is 0.0888. The van der Waals surface area contributed by atoms with Crippen LogP contribution in [-0.2, 0) is 32.2 Å². The molecule has 2 aromatic heterocycles. The maximum absolute atomic E-state index is 13.8. The van der Waals surface area contributed by atoms with Crippen molar-refractivity contribution in [2.45, 2.75) is 59.7 Å². The van der Waals surface area contributed by atoms with Crippen molar-refractivity contribution in [2.24, 2.45) is 0 Å². The summed E-state index contributed by atoms with van der Waals surface area (Å²) in [7, 11) is 5.08. The molecule has 60 heavy (non-hydrogen) atoms. The van der Waals surface area contributed by atoms with Crippen LogP contribution in [0.3, 0.4) is 0 Å². The van der Waals surface area contributed by atoms with Crippen LogP contribution in [0.15, 0.2) is 103 Å². The van der Waals surface area contributed by atoms with Crippen molar-refractivity contribution in [3.8, 4) is 33.6 Å². The largest absolute Gasteiger partial charge is 0.453 e. The molecule has 2 heterocycles. The highest BCUT2D eigenvalue weighted by atomic mass is 16.5. The molecule has 0 spiro atoms. The third-order valence-electron chi connectivity index (χ3n) is 9.63. The first kappa shape index (κ1) is 44.5. The van der Waals surface area contributed by atoms with E-state index in [-0.39, 0.29) is 37.4 Å². The number of carbonyl (C=O) groups is 4. The summed E-state index contributed by atoms with van der Waals surface area (Å²) in [4.78, 5) is 70.8. The number of alkyl carbamates (subject to hydrolysis) is 1. The molecule has 6 rings (SSSR count). The number of amides is 3. The number of rotatable bonds is 16. The van der Waals surface area contributed by atoms with Crippen molar-refractivity contribution in [1.82, 2.24) is 40.0 Å². The summed E-state index contributed by atoms with van der Waals surface area (Å²) >= 11 is 0. The van der Waals surface area contributed by atoms with E-state index in [1.807, 2.05) is 72.6 Å². The maximum atomic E-state index is 13.8. The SMILES string of the molecule is CCC.CCCN(Cc1ncc(-c2ccc3cc(-c4ccc(-c5cnc(CN(CC(C)=O)C(=O)CNC(=O)OC)[nH]5)cc4)ccc3c2)[nH]1)C(=O)C(c1ccccc1)N(C)C. The molecule has 1 unspecified atom stereocenters. The van der Waals surface area contributed by atoms with Gasteiger partial charge in [-0.3, -0.25) is 19.3 Å². The van der Waals surface area contributed by atoms with Gasteiger partial charge in [-0.25, -0.2) is 14.8 Å². The van der Waals surface area contributed by atoms with Crippen molar-refractivity contribution >= 4 is 34.5 Å². The van der Waals surface area contributed by atoms with Gasteiger partial charge in [-0.2, -0.15) is 0 Å². The Balaban J connectivity index is 0.00000221. The van der Waals surface area contributed by atoms with E-state index in [4.69, 9.17) is 0 Å². The maximum Gasteiger partial charge on any atom is 0.407 e. The topological polar surface area (TPSA) is 157 Å². The van der Waals surface area contributed by atoms with Crippen molar-refractivity contribution in [3.63, 3.8) is 0 Å². The number of carbonyl (C=O) groups excluding carboxylic acids is 4. The van der Waals surface area contributed by atoms with E-state index in [1.54, 1.807) is 6.20 Å². The number of Topliss-reactive ketones (excluding diaryl/α,β-unsaturated/α-hetero) is 1. The Hall–Kier alpha value is -6.60. The number of nitrogens with zero attached hydrogens (tertiary/aromatic N) is 5. The highest BCUT2D eigenvalue weighted by Crippen LogP contribution is 2.30. The molecular formula is C47H56N8O5. The minimum absolute atomic E-state index is 0.0461. The van der Waals surface area contributed by atoms with Crippen LogP contribution in [-0.4, -0.2) is 99.2 Å². The summed E-state index contributed by atoms with van der Waals surface area (Å²) in [5.74, 6) is 0.662. The molecule has 4 aromatic carbocycles. The summed E-state index contributed by atoms with van der Waals surface area (Å²) in [6.07, 6.45) is 4.88. The Morgan fingerprint density at radius 3 is 1.82 bits per heavy atom. The minimum atomic E-state index is -0.730. The Labute approximate surface area is 352 Å². The van der Waals surface area contributed by atoms with E-state index in [1.165, 1.54) is 25.4 Å². The number of hydrogen-bond donors (Lipinski definition) is 3. The average Bonchev–Trinajstić information content (AvgIpc) is 3.92. The number of fused-ring (bicyclic) bond motifs is 1. The highest BCUT2D eigenvalue weighted by molar-refractivity contribution is 5.91. The molecule has 0 radical (unpaired) electrons. The lowest BCUT2D eigenvalue weighted by atomic mass is 9.98. The number of methoxy groups -OCH3 is 1. The molecule has 0 aliphatic carbocycles. The third kappa shape index (κ3) is 11.8. The first-order valence-corrected chi connectivity index (χ1v) is 20.3. The number of ketones is 1. The minimum Gasteiger partial charge on any atom is -0.453 e. The lowest BCUT2D eigenvalue weighted by Crippen LogP contribution is -2.42. The van der Waals surface area contributed by atoms with E-state index < -0.39 is 12.0 Å². The van der Waals surface area contributed by atoms with Gasteiger partial charge in [-0.15, -0.1) is 0 Å². The van der Waals surface area contributed by atoms with Crippen LogP contribution >= 0.6 is 0 Å². The standard InChI is InChI=1S/C44H48N8O5.C3H8/c1-6-20-51(43(55)42(50(3)4)32-10-8-7-9-11-32)27-39-46-24-38(49-39)36-19-18-34-21-33(16-17-35(34)22-36)30-12-14-31(15-13-30)37-23-45-40(48-37)28-52(26-29(2)53)41(54)25-47-44(56)57-5;1-3-2/h7-19,21-24,42H,6,20,25-28H2,1-5H3,(H,45,48)(H,46,49)(H,47,56);3H2,1-2H3. The molecule has 13 heteroatoms. The number of nitrogens with one attached hydrogen (secondary N) is 3. The molecule has 314 valence electrons. The van der Waals surface area contributed by atoms with Crippen molar-refractivity contribution in [3.05, 3.63) is 121 Å². The zero-order valence-electron chi connectivity index (χ0n) is 35.6. The summed E-state index contributed by atoms with van der Waals surface area (Å²) in [5, 5.41) is 4.54.